The third kappa shape index (κ3) is 9.10. The fraction of sp³-hybridized carbons (Fsp3) is 0.108. The average Bonchev–Trinajstić information content (AvgIpc) is 3.89. The molecular formula is C65H60N4. The van der Waals surface area contributed by atoms with E-state index in [9.17, 15) is 0 Å². The number of anilines is 6. The highest BCUT2D eigenvalue weighted by atomic mass is 15.1. The topological polar surface area (TPSA) is 16.3 Å². The Bertz CT molecular complexity index is 3210. The molecule has 2 aromatic heterocycles. The van der Waals surface area contributed by atoms with Crippen LogP contribution in [-0.2, 0) is 0 Å². The zero-order valence-electron chi connectivity index (χ0n) is 40.9. The molecule has 0 saturated carbocycles. The SMILES string of the molecule is C=C/C=C\C.CC.Cc1ccc(N(c2ccc(C)cc2)c2ccc(-n3c4ccccc4c4cc5c(cc43)c3ccccc3n5-c3ccc(N(c4ccc(C)cc4)c4ccc(C)cc4)cc3)cc2)cc1. The Labute approximate surface area is 408 Å². The number of allylic oxidation sites excluding steroid dienone is 3. The van der Waals surface area contributed by atoms with Crippen LogP contribution in [0.15, 0.2) is 231 Å². The summed E-state index contributed by atoms with van der Waals surface area (Å²) in [6.45, 7) is 18.0. The van der Waals surface area contributed by atoms with E-state index in [1.165, 1.54) is 65.9 Å². The molecule has 0 unspecified atom stereocenters. The number of hydrogen-bond donors (Lipinski definition) is 0. The van der Waals surface area contributed by atoms with Crippen LogP contribution in [0.4, 0.5) is 34.1 Å². The molecule has 0 saturated heterocycles. The monoisotopic (exact) mass is 896 g/mol. The summed E-state index contributed by atoms with van der Waals surface area (Å²) in [6.07, 6.45) is 5.58. The second-order valence-electron chi connectivity index (χ2n) is 17.4. The summed E-state index contributed by atoms with van der Waals surface area (Å²) in [5.74, 6) is 0. The number of aromatic nitrogens is 2. The molecule has 0 bridgehead atoms. The predicted molar refractivity (Wildman–Crippen MR) is 300 cm³/mol. The average molecular weight is 897 g/mol. The van der Waals surface area contributed by atoms with E-state index in [1.807, 2.05) is 32.9 Å². The van der Waals surface area contributed by atoms with Crippen LogP contribution in [0.5, 0.6) is 0 Å². The Kier molecular flexibility index (Phi) is 13.4. The van der Waals surface area contributed by atoms with Crippen molar-refractivity contribution in [3.05, 3.63) is 253 Å². The lowest BCUT2D eigenvalue weighted by Gasteiger charge is -2.26. The molecule has 69 heavy (non-hydrogen) atoms. The van der Waals surface area contributed by atoms with Crippen molar-refractivity contribution in [3.8, 4) is 11.4 Å². The van der Waals surface area contributed by atoms with Gasteiger partial charge in [0.15, 0.2) is 0 Å². The summed E-state index contributed by atoms with van der Waals surface area (Å²) >= 11 is 0. The largest absolute Gasteiger partial charge is 0.311 e. The standard InChI is InChI=1S/C58H46N4.C5H8.C2H6/c1-39-13-21-43(22-14-39)59(44-23-15-40(2)16-24-44)47-29-33-49(34-30-47)61-55-11-7-5-9-51(55)53-38-58-54(37-57(53)61)52-10-6-8-12-56(52)62(58)50-35-31-48(32-36-50)60(45-25-17-41(3)18-26-45)46-27-19-42(4)20-28-46;1-3-5-4-2;1-2/h5-38H,1-4H3;3-5H,1H2,2H3;1-2H3/b;5-4-;. The van der Waals surface area contributed by atoms with Crippen molar-refractivity contribution in [2.24, 2.45) is 0 Å². The predicted octanol–water partition coefficient (Wildman–Crippen LogP) is 18.8. The number of benzene rings is 9. The molecule has 11 aromatic rings. The molecule has 0 atom stereocenters. The molecule has 0 spiro atoms. The van der Waals surface area contributed by atoms with Gasteiger partial charge in [0.2, 0.25) is 0 Å². The van der Waals surface area contributed by atoms with Crippen LogP contribution in [0.1, 0.15) is 43.0 Å². The van der Waals surface area contributed by atoms with Crippen LogP contribution in [0.2, 0.25) is 0 Å². The minimum atomic E-state index is 1.11. The summed E-state index contributed by atoms with van der Waals surface area (Å²) < 4.78 is 4.86. The van der Waals surface area contributed by atoms with Crippen LogP contribution in [0, 0.1) is 27.7 Å². The van der Waals surface area contributed by atoms with Gasteiger partial charge >= 0.3 is 0 Å². The van der Waals surface area contributed by atoms with Crippen molar-refractivity contribution in [1.82, 2.24) is 9.13 Å². The third-order valence-electron chi connectivity index (χ3n) is 12.7. The molecule has 0 aliphatic carbocycles. The Hall–Kier alpha value is -8.34. The summed E-state index contributed by atoms with van der Waals surface area (Å²) in [5.41, 5.74) is 18.7. The molecule has 11 rings (SSSR count). The molecule has 0 fully saturated rings. The quantitative estimate of drug-likeness (QED) is 0.134. The van der Waals surface area contributed by atoms with Gasteiger partial charge in [-0.2, -0.15) is 0 Å². The lowest BCUT2D eigenvalue weighted by atomic mass is 10.1. The van der Waals surface area contributed by atoms with Gasteiger partial charge in [0, 0.05) is 67.0 Å². The van der Waals surface area contributed by atoms with Gasteiger partial charge in [-0.3, -0.25) is 0 Å². The maximum absolute atomic E-state index is 3.46. The summed E-state index contributed by atoms with van der Waals surface area (Å²) in [6, 6.07) is 75.6. The van der Waals surface area contributed by atoms with Gasteiger partial charge in [-0.25, -0.2) is 0 Å². The summed E-state index contributed by atoms with van der Waals surface area (Å²) in [4.78, 5) is 4.67. The normalized spacial score (nSPS) is 11.1. The molecule has 0 N–H and O–H groups in total. The van der Waals surface area contributed by atoms with Gasteiger partial charge in [-0.05, 0) is 156 Å². The highest BCUT2D eigenvalue weighted by Gasteiger charge is 2.20. The number of fused-ring (bicyclic) bond motifs is 6. The zero-order chi connectivity index (χ0) is 48.0. The van der Waals surface area contributed by atoms with E-state index in [2.05, 4.69) is 259 Å². The second kappa shape index (κ2) is 20.3. The summed E-state index contributed by atoms with van der Waals surface area (Å²) in [7, 11) is 0. The van der Waals surface area contributed by atoms with E-state index in [-0.39, 0.29) is 0 Å². The van der Waals surface area contributed by atoms with Crippen LogP contribution in [0.3, 0.4) is 0 Å². The van der Waals surface area contributed by atoms with Crippen molar-refractivity contribution in [1.29, 1.82) is 0 Å². The van der Waals surface area contributed by atoms with Crippen molar-refractivity contribution in [2.75, 3.05) is 9.80 Å². The number of para-hydroxylation sites is 2. The Morgan fingerprint density at radius 2 is 0.623 bits per heavy atom. The molecule has 0 radical (unpaired) electrons. The van der Waals surface area contributed by atoms with Crippen molar-refractivity contribution in [2.45, 2.75) is 48.5 Å². The molecule has 340 valence electrons. The van der Waals surface area contributed by atoms with Gasteiger partial charge in [0.25, 0.3) is 0 Å². The highest BCUT2D eigenvalue weighted by Crippen LogP contribution is 2.42. The van der Waals surface area contributed by atoms with Crippen LogP contribution in [0.25, 0.3) is 55.0 Å². The molecule has 4 heteroatoms. The van der Waals surface area contributed by atoms with Crippen molar-refractivity contribution in [3.63, 3.8) is 0 Å². The first-order valence-electron chi connectivity index (χ1n) is 24.1. The highest BCUT2D eigenvalue weighted by molar-refractivity contribution is 6.19. The van der Waals surface area contributed by atoms with Crippen molar-refractivity contribution >= 4 is 77.7 Å². The molecule has 2 heterocycles. The first-order chi connectivity index (χ1) is 33.8. The first kappa shape index (κ1) is 45.8. The van der Waals surface area contributed by atoms with E-state index in [0.29, 0.717) is 0 Å². The Morgan fingerprint density at radius 1 is 0.348 bits per heavy atom. The van der Waals surface area contributed by atoms with Gasteiger partial charge < -0.3 is 18.9 Å². The van der Waals surface area contributed by atoms with Gasteiger partial charge in [0.1, 0.15) is 0 Å². The lowest BCUT2D eigenvalue weighted by molar-refractivity contribution is 1.17. The molecule has 4 nitrogen and oxygen atoms in total. The fourth-order valence-electron chi connectivity index (χ4n) is 9.29. The lowest BCUT2D eigenvalue weighted by Crippen LogP contribution is -2.10. The Morgan fingerprint density at radius 3 is 0.884 bits per heavy atom. The minimum absolute atomic E-state index is 1.11. The maximum Gasteiger partial charge on any atom is 0.0548 e. The van der Waals surface area contributed by atoms with Crippen LogP contribution < -0.4 is 9.80 Å². The van der Waals surface area contributed by atoms with Gasteiger partial charge in [0.05, 0.1) is 22.1 Å². The van der Waals surface area contributed by atoms with E-state index in [1.54, 1.807) is 6.08 Å². The maximum atomic E-state index is 3.46. The first-order valence-corrected chi connectivity index (χ1v) is 24.1. The molecule has 0 aliphatic heterocycles. The van der Waals surface area contributed by atoms with Gasteiger partial charge in [-0.1, -0.05) is 146 Å². The number of hydrogen-bond acceptors (Lipinski definition) is 2. The van der Waals surface area contributed by atoms with E-state index >= 15 is 0 Å². The molecular weight excluding hydrogens is 837 g/mol. The number of nitrogens with zero attached hydrogens (tertiary/aromatic N) is 4. The second-order valence-corrected chi connectivity index (χ2v) is 17.4. The van der Waals surface area contributed by atoms with E-state index in [4.69, 9.17) is 0 Å². The van der Waals surface area contributed by atoms with Gasteiger partial charge in [-0.15, -0.1) is 0 Å². The number of rotatable bonds is 9. The molecule has 0 amide bonds. The fourth-order valence-corrected chi connectivity index (χ4v) is 9.29. The van der Waals surface area contributed by atoms with Crippen LogP contribution >= 0.6 is 0 Å². The molecule has 9 aromatic carbocycles. The molecule has 0 aliphatic rings. The zero-order valence-corrected chi connectivity index (χ0v) is 40.9. The number of aryl methyl sites for hydroxylation is 4. The van der Waals surface area contributed by atoms with E-state index in [0.717, 1.165) is 45.5 Å². The Balaban J connectivity index is 0.000000798. The van der Waals surface area contributed by atoms with Crippen molar-refractivity contribution < 1.29 is 0 Å². The third-order valence-corrected chi connectivity index (χ3v) is 12.7. The smallest absolute Gasteiger partial charge is 0.0548 e. The van der Waals surface area contributed by atoms with Crippen LogP contribution in [-0.4, -0.2) is 9.13 Å². The minimum Gasteiger partial charge on any atom is -0.311 e. The van der Waals surface area contributed by atoms with E-state index < -0.39 is 0 Å². The summed E-state index contributed by atoms with van der Waals surface area (Å²) in [5, 5.41) is 4.91.